The van der Waals surface area contributed by atoms with Crippen LogP contribution in [0.3, 0.4) is 0 Å². The summed E-state index contributed by atoms with van der Waals surface area (Å²) >= 11 is 1.55. The normalized spacial score (nSPS) is 19.4. The lowest BCUT2D eigenvalue weighted by Gasteiger charge is -2.42. The van der Waals surface area contributed by atoms with E-state index in [1.165, 1.54) is 16.7 Å². The quantitative estimate of drug-likeness (QED) is 0.343. The average Bonchev–Trinajstić information content (AvgIpc) is 3.39. The van der Waals surface area contributed by atoms with Gasteiger partial charge in [0.2, 0.25) is 0 Å². The van der Waals surface area contributed by atoms with Crippen LogP contribution >= 0.6 is 11.3 Å². The lowest BCUT2D eigenvalue weighted by atomic mass is 9.63. The predicted molar refractivity (Wildman–Crippen MR) is 154 cm³/mol. The van der Waals surface area contributed by atoms with Gasteiger partial charge >= 0.3 is 0 Å². The molecule has 1 unspecified atom stereocenters. The van der Waals surface area contributed by atoms with Crippen molar-refractivity contribution < 1.29 is 19.0 Å². The first kappa shape index (κ1) is 26.6. The van der Waals surface area contributed by atoms with E-state index < -0.39 is 0 Å². The SMILES string of the molecule is COc1cc2c(cc1OC)CN(C(=O)c1ccc(-c3cc4c(cc3OC)C(C)(C)CCC4(C)C)s1)C(C)C2. The summed E-state index contributed by atoms with van der Waals surface area (Å²) < 4.78 is 16.9. The number of hydrogen-bond donors (Lipinski definition) is 0. The molecule has 0 saturated heterocycles. The Hall–Kier alpha value is -2.99. The third kappa shape index (κ3) is 4.47. The highest BCUT2D eigenvalue weighted by Crippen LogP contribution is 2.50. The second kappa shape index (κ2) is 9.64. The number of rotatable bonds is 5. The molecule has 6 heteroatoms. The maximum Gasteiger partial charge on any atom is 0.264 e. The third-order valence-electron chi connectivity index (χ3n) is 8.61. The Bertz CT molecular complexity index is 1390. The van der Waals surface area contributed by atoms with Crippen molar-refractivity contribution in [2.75, 3.05) is 21.3 Å². The van der Waals surface area contributed by atoms with Gasteiger partial charge in [-0.2, -0.15) is 0 Å². The summed E-state index contributed by atoms with van der Waals surface area (Å²) in [5.74, 6) is 2.35. The highest BCUT2D eigenvalue weighted by Gasteiger charge is 2.38. The summed E-state index contributed by atoms with van der Waals surface area (Å²) in [7, 11) is 5.03. The third-order valence-corrected chi connectivity index (χ3v) is 9.72. The number of amides is 1. The van der Waals surface area contributed by atoms with E-state index in [9.17, 15) is 4.79 Å². The van der Waals surface area contributed by atoms with Crippen LogP contribution in [-0.2, 0) is 23.8 Å². The number of carbonyl (C=O) groups excluding carboxylic acids is 1. The molecule has 1 aliphatic carbocycles. The summed E-state index contributed by atoms with van der Waals surface area (Å²) in [6.45, 7) is 12.0. The summed E-state index contributed by atoms with van der Waals surface area (Å²) in [5.41, 5.74) is 6.34. The Morgan fingerprint density at radius 1 is 0.842 bits per heavy atom. The Morgan fingerprint density at radius 2 is 1.42 bits per heavy atom. The van der Waals surface area contributed by atoms with Gasteiger partial charge in [0, 0.05) is 23.0 Å². The van der Waals surface area contributed by atoms with Gasteiger partial charge in [-0.05, 0) is 95.7 Å². The van der Waals surface area contributed by atoms with Crippen molar-refractivity contribution in [2.24, 2.45) is 0 Å². The van der Waals surface area contributed by atoms with Crippen LogP contribution in [-0.4, -0.2) is 38.2 Å². The van der Waals surface area contributed by atoms with Crippen LogP contribution in [0.2, 0.25) is 0 Å². The van der Waals surface area contributed by atoms with Gasteiger partial charge < -0.3 is 19.1 Å². The molecule has 0 spiro atoms. The Balaban J connectivity index is 1.47. The van der Waals surface area contributed by atoms with Gasteiger partial charge in [-0.3, -0.25) is 4.79 Å². The zero-order chi connectivity index (χ0) is 27.4. The Labute approximate surface area is 230 Å². The molecular formula is C32H39NO4S. The van der Waals surface area contributed by atoms with E-state index in [0.717, 1.165) is 51.6 Å². The summed E-state index contributed by atoms with van der Waals surface area (Å²) in [6, 6.07) is 12.7. The number of nitrogens with zero attached hydrogens (tertiary/aromatic N) is 1. The van der Waals surface area contributed by atoms with Crippen molar-refractivity contribution in [3.8, 4) is 27.7 Å². The molecule has 2 aliphatic rings. The fraction of sp³-hybridized carbons (Fsp3) is 0.469. The summed E-state index contributed by atoms with van der Waals surface area (Å²) in [5, 5.41) is 0. The number of carbonyl (C=O) groups is 1. The topological polar surface area (TPSA) is 48.0 Å². The van der Waals surface area contributed by atoms with E-state index in [0.29, 0.717) is 12.3 Å². The van der Waals surface area contributed by atoms with Gasteiger partial charge in [-0.25, -0.2) is 0 Å². The second-order valence-electron chi connectivity index (χ2n) is 12.0. The molecule has 5 nitrogen and oxygen atoms in total. The van der Waals surface area contributed by atoms with E-state index in [1.54, 1.807) is 32.7 Å². The number of benzene rings is 2. The molecule has 0 fully saturated rings. The number of hydrogen-bond acceptors (Lipinski definition) is 5. The maximum absolute atomic E-state index is 13.8. The van der Waals surface area contributed by atoms with Crippen LogP contribution in [0.15, 0.2) is 36.4 Å². The monoisotopic (exact) mass is 533 g/mol. The standard InChI is InChI=1S/C32H39NO4S/c1-19-13-20-14-26(36-7)27(37-8)15-21(20)18-33(19)30(34)29-10-9-28(38-29)22-16-23-24(17-25(22)35-6)32(4,5)12-11-31(23,2)3/h9-10,14-17,19H,11-13,18H2,1-8H3. The van der Waals surface area contributed by atoms with Crippen molar-refractivity contribution in [2.45, 2.75) is 77.3 Å². The molecule has 3 aromatic rings. The van der Waals surface area contributed by atoms with E-state index in [4.69, 9.17) is 14.2 Å². The Morgan fingerprint density at radius 3 is 2.03 bits per heavy atom. The van der Waals surface area contributed by atoms with Crippen molar-refractivity contribution in [3.05, 3.63) is 63.5 Å². The fourth-order valence-electron chi connectivity index (χ4n) is 6.03. The molecule has 1 amide bonds. The molecule has 38 heavy (non-hydrogen) atoms. The van der Waals surface area contributed by atoms with Crippen molar-refractivity contribution >= 4 is 17.2 Å². The van der Waals surface area contributed by atoms with Crippen molar-refractivity contribution in [1.82, 2.24) is 4.90 Å². The predicted octanol–water partition coefficient (Wildman–Crippen LogP) is 7.38. The van der Waals surface area contributed by atoms with Crippen LogP contribution in [0.4, 0.5) is 0 Å². The molecule has 202 valence electrons. The zero-order valence-corrected chi connectivity index (χ0v) is 24.7. The molecule has 0 N–H and O–H groups in total. The average molecular weight is 534 g/mol. The first-order chi connectivity index (χ1) is 18.0. The number of ether oxygens (including phenoxy) is 3. The summed E-state index contributed by atoms with van der Waals surface area (Å²) in [6.07, 6.45) is 3.09. The molecule has 0 radical (unpaired) electrons. The molecule has 2 aromatic carbocycles. The summed E-state index contributed by atoms with van der Waals surface area (Å²) in [4.78, 5) is 17.5. The van der Waals surface area contributed by atoms with Gasteiger partial charge in [-0.15, -0.1) is 11.3 Å². The van der Waals surface area contributed by atoms with Crippen LogP contribution in [0.25, 0.3) is 10.4 Å². The largest absolute Gasteiger partial charge is 0.496 e. The van der Waals surface area contributed by atoms with Gasteiger partial charge in [-0.1, -0.05) is 27.7 Å². The van der Waals surface area contributed by atoms with Gasteiger partial charge in [0.05, 0.1) is 26.2 Å². The second-order valence-corrected chi connectivity index (χ2v) is 13.1. The lowest BCUT2D eigenvalue weighted by Crippen LogP contribution is -2.42. The number of thiophene rings is 1. The lowest BCUT2D eigenvalue weighted by molar-refractivity contribution is 0.0663. The van der Waals surface area contributed by atoms with E-state index in [-0.39, 0.29) is 22.8 Å². The highest BCUT2D eigenvalue weighted by atomic mass is 32.1. The molecule has 0 saturated carbocycles. The van der Waals surface area contributed by atoms with E-state index >= 15 is 0 Å². The van der Waals surface area contributed by atoms with Gasteiger partial charge in [0.1, 0.15) is 5.75 Å². The van der Waals surface area contributed by atoms with Crippen LogP contribution < -0.4 is 14.2 Å². The van der Waals surface area contributed by atoms with E-state index in [2.05, 4.69) is 52.8 Å². The van der Waals surface area contributed by atoms with Crippen molar-refractivity contribution in [3.63, 3.8) is 0 Å². The van der Waals surface area contributed by atoms with E-state index in [1.807, 2.05) is 23.1 Å². The molecule has 0 bridgehead atoms. The van der Waals surface area contributed by atoms with Crippen molar-refractivity contribution in [1.29, 1.82) is 0 Å². The molecule has 1 aliphatic heterocycles. The minimum atomic E-state index is 0.0626. The van der Waals surface area contributed by atoms with Crippen LogP contribution in [0.1, 0.15) is 79.4 Å². The fourth-order valence-corrected chi connectivity index (χ4v) is 7.02. The molecule has 5 rings (SSSR count). The zero-order valence-electron chi connectivity index (χ0n) is 23.9. The molecule has 1 atom stereocenters. The first-order valence-electron chi connectivity index (χ1n) is 13.4. The minimum Gasteiger partial charge on any atom is -0.496 e. The van der Waals surface area contributed by atoms with Crippen LogP contribution in [0, 0.1) is 0 Å². The van der Waals surface area contributed by atoms with Crippen LogP contribution in [0.5, 0.6) is 17.2 Å². The number of methoxy groups -OCH3 is 3. The maximum atomic E-state index is 13.8. The first-order valence-corrected chi connectivity index (χ1v) is 14.2. The Kier molecular flexibility index (Phi) is 6.75. The smallest absolute Gasteiger partial charge is 0.264 e. The highest BCUT2D eigenvalue weighted by molar-refractivity contribution is 7.17. The van der Waals surface area contributed by atoms with Gasteiger partial charge in [0.15, 0.2) is 11.5 Å². The number of fused-ring (bicyclic) bond motifs is 2. The molecule has 1 aromatic heterocycles. The molecular weight excluding hydrogens is 494 g/mol. The molecule has 2 heterocycles. The minimum absolute atomic E-state index is 0.0626. The van der Waals surface area contributed by atoms with Gasteiger partial charge in [0.25, 0.3) is 5.91 Å².